The zero-order valence-electron chi connectivity index (χ0n) is 9.20. The molecule has 0 saturated heterocycles. The molecule has 16 heavy (non-hydrogen) atoms. The second-order valence-corrected chi connectivity index (χ2v) is 4.15. The minimum Gasteiger partial charge on any atom is -0.361 e. The van der Waals surface area contributed by atoms with Crippen LogP contribution >= 0.6 is 0 Å². The Labute approximate surface area is 94.7 Å². The van der Waals surface area contributed by atoms with Crippen molar-refractivity contribution >= 4 is 10.9 Å². The summed E-state index contributed by atoms with van der Waals surface area (Å²) in [5.74, 6) is 0. The van der Waals surface area contributed by atoms with Crippen molar-refractivity contribution in [1.82, 2.24) is 4.98 Å². The van der Waals surface area contributed by atoms with Gasteiger partial charge in [0, 0.05) is 11.7 Å². The lowest BCUT2D eigenvalue weighted by Gasteiger charge is -2.02. The van der Waals surface area contributed by atoms with E-state index in [0.29, 0.717) is 0 Å². The van der Waals surface area contributed by atoms with E-state index in [1.54, 1.807) is 0 Å². The molecule has 1 heteroatoms. The molecule has 1 aromatic heterocycles. The highest BCUT2D eigenvalue weighted by Crippen LogP contribution is 2.23. The fourth-order valence-corrected chi connectivity index (χ4v) is 1.98. The number of aromatic amines is 1. The van der Waals surface area contributed by atoms with E-state index in [1.165, 1.54) is 27.6 Å². The van der Waals surface area contributed by atoms with Crippen molar-refractivity contribution in [3.8, 4) is 11.1 Å². The number of nitrogens with one attached hydrogen (secondary N) is 1. The van der Waals surface area contributed by atoms with Crippen molar-refractivity contribution in [2.45, 2.75) is 6.92 Å². The zero-order chi connectivity index (χ0) is 11.0. The first-order chi connectivity index (χ1) is 7.83. The largest absolute Gasteiger partial charge is 0.361 e. The van der Waals surface area contributed by atoms with E-state index in [9.17, 15) is 0 Å². The summed E-state index contributed by atoms with van der Waals surface area (Å²) in [5.41, 5.74) is 5.03. The Bertz CT molecular complexity index is 617. The van der Waals surface area contributed by atoms with Crippen LogP contribution in [0.2, 0.25) is 0 Å². The van der Waals surface area contributed by atoms with E-state index in [2.05, 4.69) is 60.4 Å². The Balaban J connectivity index is 2.14. The van der Waals surface area contributed by atoms with Crippen LogP contribution in [0.5, 0.6) is 0 Å². The zero-order valence-corrected chi connectivity index (χ0v) is 9.20. The number of aryl methyl sites for hydroxylation is 1. The first-order valence-corrected chi connectivity index (χ1v) is 5.47. The maximum absolute atomic E-state index is 3.21. The molecule has 0 aliphatic carbocycles. The highest BCUT2D eigenvalue weighted by Gasteiger charge is 1.99. The number of aromatic nitrogens is 1. The van der Waals surface area contributed by atoms with Crippen LogP contribution < -0.4 is 0 Å². The standard InChI is InChI=1S/C15H13N/c1-11-2-4-12(5-3-11)13-6-7-15-14(10-13)8-9-16-15/h2-10,16H,1H3. The summed E-state index contributed by atoms with van der Waals surface area (Å²) in [5, 5.41) is 1.26. The smallest absolute Gasteiger partial charge is 0.0454 e. The third-order valence-corrected chi connectivity index (χ3v) is 2.94. The Morgan fingerprint density at radius 2 is 1.56 bits per heavy atom. The van der Waals surface area contributed by atoms with Crippen molar-refractivity contribution in [2.24, 2.45) is 0 Å². The Kier molecular flexibility index (Phi) is 2.03. The predicted molar refractivity (Wildman–Crippen MR) is 68.5 cm³/mol. The average molecular weight is 207 g/mol. The van der Waals surface area contributed by atoms with Crippen molar-refractivity contribution in [3.05, 3.63) is 60.3 Å². The van der Waals surface area contributed by atoms with Crippen LogP contribution in [0.25, 0.3) is 22.0 Å². The summed E-state index contributed by atoms with van der Waals surface area (Å²) in [6.45, 7) is 2.11. The van der Waals surface area contributed by atoms with Gasteiger partial charge >= 0.3 is 0 Å². The van der Waals surface area contributed by atoms with Gasteiger partial charge in [0.15, 0.2) is 0 Å². The van der Waals surface area contributed by atoms with Gasteiger partial charge in [-0.1, -0.05) is 35.9 Å². The van der Waals surface area contributed by atoms with E-state index < -0.39 is 0 Å². The van der Waals surface area contributed by atoms with Gasteiger partial charge in [-0.2, -0.15) is 0 Å². The molecular formula is C15H13N. The summed E-state index contributed by atoms with van der Waals surface area (Å²) < 4.78 is 0. The van der Waals surface area contributed by atoms with Crippen LogP contribution in [0.15, 0.2) is 54.7 Å². The number of rotatable bonds is 1. The van der Waals surface area contributed by atoms with Crippen molar-refractivity contribution in [2.75, 3.05) is 0 Å². The fraction of sp³-hybridized carbons (Fsp3) is 0.0667. The summed E-state index contributed by atoms with van der Waals surface area (Å²) in [4.78, 5) is 3.21. The van der Waals surface area contributed by atoms with E-state index in [1.807, 2.05) is 6.20 Å². The molecule has 0 bridgehead atoms. The molecule has 0 saturated carbocycles. The number of fused-ring (bicyclic) bond motifs is 1. The summed E-state index contributed by atoms with van der Waals surface area (Å²) in [6.07, 6.45) is 1.98. The molecule has 1 heterocycles. The fourth-order valence-electron chi connectivity index (χ4n) is 1.98. The normalized spacial score (nSPS) is 10.8. The highest BCUT2D eigenvalue weighted by molar-refractivity contribution is 5.84. The molecule has 0 spiro atoms. The summed E-state index contributed by atoms with van der Waals surface area (Å²) in [7, 11) is 0. The Morgan fingerprint density at radius 1 is 0.812 bits per heavy atom. The maximum atomic E-state index is 3.21. The van der Waals surface area contributed by atoms with Gasteiger partial charge in [0.05, 0.1) is 0 Å². The van der Waals surface area contributed by atoms with Crippen LogP contribution in [-0.4, -0.2) is 4.98 Å². The lowest BCUT2D eigenvalue weighted by Crippen LogP contribution is -1.78. The Morgan fingerprint density at radius 3 is 2.38 bits per heavy atom. The monoisotopic (exact) mass is 207 g/mol. The van der Waals surface area contributed by atoms with Crippen molar-refractivity contribution in [3.63, 3.8) is 0 Å². The van der Waals surface area contributed by atoms with Crippen LogP contribution in [0, 0.1) is 6.92 Å². The summed E-state index contributed by atoms with van der Waals surface area (Å²) >= 11 is 0. The minimum absolute atomic E-state index is 1.19. The number of H-pyrrole nitrogens is 1. The number of hydrogen-bond acceptors (Lipinski definition) is 0. The van der Waals surface area contributed by atoms with Gasteiger partial charge in [0.2, 0.25) is 0 Å². The first kappa shape index (κ1) is 9.22. The molecule has 1 nitrogen and oxygen atoms in total. The highest BCUT2D eigenvalue weighted by atomic mass is 14.7. The molecule has 2 aromatic carbocycles. The lowest BCUT2D eigenvalue weighted by molar-refractivity contribution is 1.46. The van der Waals surface area contributed by atoms with Crippen LogP contribution in [0.1, 0.15) is 5.56 Å². The second kappa shape index (κ2) is 3.53. The van der Waals surface area contributed by atoms with E-state index in [-0.39, 0.29) is 0 Å². The van der Waals surface area contributed by atoms with E-state index >= 15 is 0 Å². The third kappa shape index (κ3) is 1.50. The van der Waals surface area contributed by atoms with Crippen LogP contribution in [0.3, 0.4) is 0 Å². The summed E-state index contributed by atoms with van der Waals surface area (Å²) in [6, 6.07) is 17.2. The molecule has 3 aromatic rings. The van der Waals surface area contributed by atoms with Gasteiger partial charge in [0.1, 0.15) is 0 Å². The minimum atomic E-state index is 1.19. The van der Waals surface area contributed by atoms with Crippen molar-refractivity contribution < 1.29 is 0 Å². The van der Waals surface area contributed by atoms with Gasteiger partial charge in [0.25, 0.3) is 0 Å². The van der Waals surface area contributed by atoms with Gasteiger partial charge in [-0.3, -0.25) is 0 Å². The van der Waals surface area contributed by atoms with Gasteiger partial charge in [-0.25, -0.2) is 0 Å². The van der Waals surface area contributed by atoms with Gasteiger partial charge in [-0.15, -0.1) is 0 Å². The molecular weight excluding hydrogens is 194 g/mol. The molecule has 1 N–H and O–H groups in total. The van der Waals surface area contributed by atoms with E-state index in [4.69, 9.17) is 0 Å². The molecule has 0 unspecified atom stereocenters. The predicted octanol–water partition coefficient (Wildman–Crippen LogP) is 4.14. The molecule has 0 aliphatic rings. The second-order valence-electron chi connectivity index (χ2n) is 4.15. The van der Waals surface area contributed by atoms with Crippen LogP contribution in [-0.2, 0) is 0 Å². The van der Waals surface area contributed by atoms with Gasteiger partial charge in [-0.05, 0) is 41.6 Å². The SMILES string of the molecule is Cc1ccc(-c2ccc3[nH]ccc3c2)cc1. The molecule has 78 valence electrons. The van der Waals surface area contributed by atoms with E-state index in [0.717, 1.165) is 0 Å². The molecule has 0 radical (unpaired) electrons. The van der Waals surface area contributed by atoms with Crippen molar-refractivity contribution in [1.29, 1.82) is 0 Å². The molecule has 0 aliphatic heterocycles. The maximum Gasteiger partial charge on any atom is 0.0454 e. The van der Waals surface area contributed by atoms with Gasteiger partial charge < -0.3 is 4.98 Å². The average Bonchev–Trinajstić information content (AvgIpc) is 2.77. The Hall–Kier alpha value is -2.02. The third-order valence-electron chi connectivity index (χ3n) is 2.94. The van der Waals surface area contributed by atoms with Crippen LogP contribution in [0.4, 0.5) is 0 Å². The molecule has 0 amide bonds. The molecule has 0 atom stereocenters. The molecule has 3 rings (SSSR count). The number of benzene rings is 2. The number of hydrogen-bond donors (Lipinski definition) is 1. The quantitative estimate of drug-likeness (QED) is 0.617. The topological polar surface area (TPSA) is 15.8 Å². The lowest BCUT2D eigenvalue weighted by atomic mass is 10.0. The first-order valence-electron chi connectivity index (χ1n) is 5.47. The molecule has 0 fully saturated rings.